The van der Waals surface area contributed by atoms with Gasteiger partial charge in [-0.15, -0.1) is 0 Å². The van der Waals surface area contributed by atoms with Crippen LogP contribution in [-0.4, -0.2) is 0 Å². The molecule has 0 heterocycles. The SMILES string of the molecule is CC(C)c1c(Cl)cc(C2CCCCCC2)cc1Cl. The summed E-state index contributed by atoms with van der Waals surface area (Å²) in [6.45, 7) is 4.27. The Morgan fingerprint density at radius 1 is 0.944 bits per heavy atom. The third kappa shape index (κ3) is 3.22. The highest BCUT2D eigenvalue weighted by atomic mass is 35.5. The van der Waals surface area contributed by atoms with Crippen LogP contribution in [0.3, 0.4) is 0 Å². The van der Waals surface area contributed by atoms with E-state index in [0.29, 0.717) is 11.8 Å². The van der Waals surface area contributed by atoms with Gasteiger partial charge < -0.3 is 0 Å². The maximum atomic E-state index is 6.41. The van der Waals surface area contributed by atoms with E-state index in [2.05, 4.69) is 26.0 Å². The second kappa shape index (κ2) is 6.30. The van der Waals surface area contributed by atoms with Crippen LogP contribution in [0.4, 0.5) is 0 Å². The maximum absolute atomic E-state index is 6.41. The Labute approximate surface area is 121 Å². The van der Waals surface area contributed by atoms with Gasteiger partial charge in [0.05, 0.1) is 0 Å². The molecule has 0 bridgehead atoms. The van der Waals surface area contributed by atoms with Crippen LogP contribution in [0.25, 0.3) is 0 Å². The molecule has 18 heavy (non-hydrogen) atoms. The molecule has 1 aromatic rings. The predicted molar refractivity (Wildman–Crippen MR) is 81.0 cm³/mol. The molecule has 0 nitrogen and oxygen atoms in total. The van der Waals surface area contributed by atoms with Gasteiger partial charge in [0.2, 0.25) is 0 Å². The summed E-state index contributed by atoms with van der Waals surface area (Å²) in [6, 6.07) is 4.30. The molecular weight excluding hydrogens is 263 g/mol. The van der Waals surface area contributed by atoms with E-state index in [1.165, 1.54) is 44.1 Å². The van der Waals surface area contributed by atoms with E-state index in [1.54, 1.807) is 0 Å². The van der Waals surface area contributed by atoms with E-state index in [0.717, 1.165) is 15.6 Å². The van der Waals surface area contributed by atoms with Gasteiger partial charge in [0, 0.05) is 10.0 Å². The van der Waals surface area contributed by atoms with Crippen LogP contribution < -0.4 is 0 Å². The summed E-state index contributed by atoms with van der Waals surface area (Å²) in [5.74, 6) is 1.04. The molecule has 0 aliphatic heterocycles. The third-order valence-electron chi connectivity index (χ3n) is 4.01. The number of hydrogen-bond donors (Lipinski definition) is 0. The van der Waals surface area contributed by atoms with Crippen LogP contribution in [0, 0.1) is 0 Å². The molecule has 2 rings (SSSR count). The van der Waals surface area contributed by atoms with Crippen LogP contribution in [0.2, 0.25) is 10.0 Å². The van der Waals surface area contributed by atoms with Crippen LogP contribution in [0.1, 0.15) is 75.3 Å². The average Bonchev–Trinajstić information content (AvgIpc) is 2.55. The van der Waals surface area contributed by atoms with E-state index in [1.807, 2.05) is 0 Å². The van der Waals surface area contributed by atoms with Gasteiger partial charge in [-0.05, 0) is 47.9 Å². The summed E-state index contributed by atoms with van der Waals surface area (Å²) in [6.07, 6.45) is 8.00. The predicted octanol–water partition coefficient (Wildman–Crippen LogP) is 6.55. The number of rotatable bonds is 2. The van der Waals surface area contributed by atoms with Crippen LogP contribution in [0.5, 0.6) is 0 Å². The minimum Gasteiger partial charge on any atom is -0.0840 e. The average molecular weight is 285 g/mol. The van der Waals surface area contributed by atoms with E-state index in [-0.39, 0.29) is 0 Å². The Bertz CT molecular complexity index is 379. The molecule has 0 aromatic heterocycles. The zero-order valence-electron chi connectivity index (χ0n) is 11.3. The molecule has 0 N–H and O–H groups in total. The van der Waals surface area contributed by atoms with Crippen molar-refractivity contribution in [3.8, 4) is 0 Å². The molecule has 0 spiro atoms. The fourth-order valence-corrected chi connectivity index (χ4v) is 3.94. The summed E-state index contributed by atoms with van der Waals surface area (Å²) in [5.41, 5.74) is 2.44. The zero-order chi connectivity index (χ0) is 13.1. The van der Waals surface area contributed by atoms with Gasteiger partial charge in [-0.2, -0.15) is 0 Å². The molecule has 0 saturated heterocycles. The van der Waals surface area contributed by atoms with Crippen molar-refractivity contribution in [1.29, 1.82) is 0 Å². The van der Waals surface area contributed by atoms with Crippen molar-refractivity contribution in [2.45, 2.75) is 64.2 Å². The second-order valence-corrected chi connectivity index (χ2v) is 6.56. The number of benzene rings is 1. The quantitative estimate of drug-likeness (QED) is 0.540. The lowest BCUT2D eigenvalue weighted by molar-refractivity contribution is 0.592. The monoisotopic (exact) mass is 284 g/mol. The van der Waals surface area contributed by atoms with Crippen molar-refractivity contribution in [1.82, 2.24) is 0 Å². The van der Waals surface area contributed by atoms with E-state index < -0.39 is 0 Å². The maximum Gasteiger partial charge on any atom is 0.0458 e. The molecule has 1 fully saturated rings. The van der Waals surface area contributed by atoms with Crippen molar-refractivity contribution >= 4 is 23.2 Å². The third-order valence-corrected chi connectivity index (χ3v) is 4.63. The summed E-state index contributed by atoms with van der Waals surface area (Å²) >= 11 is 12.8. The molecule has 1 aliphatic carbocycles. The first kappa shape index (κ1) is 14.2. The lowest BCUT2D eigenvalue weighted by Crippen LogP contribution is -2.00. The molecule has 0 unspecified atom stereocenters. The highest BCUT2D eigenvalue weighted by Gasteiger charge is 2.18. The van der Waals surface area contributed by atoms with Crippen LogP contribution >= 0.6 is 23.2 Å². The van der Waals surface area contributed by atoms with E-state index in [4.69, 9.17) is 23.2 Å². The zero-order valence-corrected chi connectivity index (χ0v) is 12.8. The second-order valence-electron chi connectivity index (χ2n) is 5.74. The van der Waals surface area contributed by atoms with Gasteiger partial charge >= 0.3 is 0 Å². The summed E-state index contributed by atoms with van der Waals surface area (Å²) in [5, 5.41) is 1.69. The first-order chi connectivity index (χ1) is 8.59. The molecule has 1 saturated carbocycles. The minimum absolute atomic E-state index is 0.383. The molecule has 100 valence electrons. The Morgan fingerprint density at radius 3 is 1.89 bits per heavy atom. The van der Waals surface area contributed by atoms with Gasteiger partial charge in [0.25, 0.3) is 0 Å². The molecule has 1 aliphatic rings. The topological polar surface area (TPSA) is 0 Å². The molecule has 0 atom stereocenters. The molecule has 0 amide bonds. The first-order valence-corrected chi connectivity index (χ1v) is 7.84. The Hall–Kier alpha value is -0.200. The van der Waals surface area contributed by atoms with E-state index in [9.17, 15) is 0 Å². The van der Waals surface area contributed by atoms with Crippen molar-refractivity contribution in [2.24, 2.45) is 0 Å². The van der Waals surface area contributed by atoms with Crippen molar-refractivity contribution in [3.05, 3.63) is 33.3 Å². The first-order valence-electron chi connectivity index (χ1n) is 7.08. The smallest absolute Gasteiger partial charge is 0.0458 e. The summed E-state index contributed by atoms with van der Waals surface area (Å²) < 4.78 is 0. The van der Waals surface area contributed by atoms with Crippen LogP contribution in [-0.2, 0) is 0 Å². The van der Waals surface area contributed by atoms with Gasteiger partial charge in [-0.1, -0.05) is 62.7 Å². The van der Waals surface area contributed by atoms with Gasteiger partial charge in [0.15, 0.2) is 0 Å². The molecule has 0 radical (unpaired) electrons. The van der Waals surface area contributed by atoms with Crippen molar-refractivity contribution in [2.75, 3.05) is 0 Å². The van der Waals surface area contributed by atoms with Crippen molar-refractivity contribution in [3.63, 3.8) is 0 Å². The van der Waals surface area contributed by atoms with E-state index >= 15 is 0 Å². The lowest BCUT2D eigenvalue weighted by Gasteiger charge is -2.18. The molecule has 1 aromatic carbocycles. The normalized spacial score (nSPS) is 18.1. The Morgan fingerprint density at radius 2 is 1.44 bits per heavy atom. The standard InChI is InChI=1S/C16H22Cl2/c1-11(2)16-14(17)9-13(10-15(16)18)12-7-5-3-4-6-8-12/h9-12H,3-8H2,1-2H3. The minimum atomic E-state index is 0.383. The number of halogens is 2. The highest BCUT2D eigenvalue weighted by Crippen LogP contribution is 2.38. The molecule has 2 heteroatoms. The number of hydrogen-bond acceptors (Lipinski definition) is 0. The lowest BCUT2D eigenvalue weighted by atomic mass is 9.90. The van der Waals surface area contributed by atoms with Gasteiger partial charge in [-0.3, -0.25) is 0 Å². The summed E-state index contributed by atoms with van der Waals surface area (Å²) in [4.78, 5) is 0. The summed E-state index contributed by atoms with van der Waals surface area (Å²) in [7, 11) is 0. The fourth-order valence-electron chi connectivity index (χ4n) is 3.00. The largest absolute Gasteiger partial charge is 0.0840 e. The fraction of sp³-hybridized carbons (Fsp3) is 0.625. The van der Waals surface area contributed by atoms with Crippen molar-refractivity contribution < 1.29 is 0 Å². The van der Waals surface area contributed by atoms with Crippen LogP contribution in [0.15, 0.2) is 12.1 Å². The molecular formula is C16H22Cl2. The van der Waals surface area contributed by atoms with Gasteiger partial charge in [-0.25, -0.2) is 0 Å². The highest BCUT2D eigenvalue weighted by molar-refractivity contribution is 6.36. The Kier molecular flexibility index (Phi) is 4.98. The Balaban J connectivity index is 2.29. The van der Waals surface area contributed by atoms with Gasteiger partial charge in [0.1, 0.15) is 0 Å².